The fraction of sp³-hybridized carbons (Fsp3) is 0.440. The van der Waals surface area contributed by atoms with E-state index in [2.05, 4.69) is 64.8 Å². The van der Waals surface area contributed by atoms with Gasteiger partial charge in [-0.25, -0.2) is 4.79 Å². The summed E-state index contributed by atoms with van der Waals surface area (Å²) in [6.07, 6.45) is 0.243. The number of nitriles is 1. The molecule has 4 rings (SSSR count). The first-order valence-corrected chi connectivity index (χ1v) is 10.6. The van der Waals surface area contributed by atoms with Gasteiger partial charge in [-0.1, -0.05) is 48.5 Å². The average Bonchev–Trinajstić information content (AvgIpc) is 3.00. The third-order valence-corrected chi connectivity index (χ3v) is 5.83. The summed E-state index contributed by atoms with van der Waals surface area (Å²) in [6, 6.07) is 19.5. The van der Waals surface area contributed by atoms with Crippen LogP contribution in [0.5, 0.6) is 0 Å². The number of piperidine rings is 1. The zero-order valence-corrected chi connectivity index (χ0v) is 17.9. The second-order valence-electron chi connectivity index (χ2n) is 9.35. The first kappa shape index (κ1) is 20.4. The van der Waals surface area contributed by atoms with Crippen molar-refractivity contribution in [1.29, 1.82) is 5.26 Å². The van der Waals surface area contributed by atoms with Crippen molar-refractivity contribution in [3.63, 3.8) is 0 Å². The number of benzene rings is 2. The number of nitrogens with zero attached hydrogens (tertiary/aromatic N) is 2. The summed E-state index contributed by atoms with van der Waals surface area (Å²) in [5.74, 6) is 0.169. The molecule has 1 amide bonds. The lowest BCUT2D eigenvalue weighted by Gasteiger charge is -2.37. The zero-order chi connectivity index (χ0) is 21.3. The number of rotatable bonds is 3. The van der Waals surface area contributed by atoms with Crippen LogP contribution < -0.4 is 5.32 Å². The maximum Gasteiger partial charge on any atom is 0.407 e. The largest absolute Gasteiger partial charge is 0.444 e. The molecule has 2 unspecified atom stereocenters. The number of carbonyl (C=O) groups is 1. The van der Waals surface area contributed by atoms with E-state index < -0.39 is 11.7 Å². The van der Waals surface area contributed by atoms with Crippen LogP contribution in [0.1, 0.15) is 44.2 Å². The molecule has 0 bridgehead atoms. The lowest BCUT2D eigenvalue weighted by molar-refractivity contribution is 0.0460. The van der Waals surface area contributed by atoms with Gasteiger partial charge in [-0.05, 0) is 49.4 Å². The summed E-state index contributed by atoms with van der Waals surface area (Å²) in [6.45, 7) is 7.84. The highest BCUT2D eigenvalue weighted by Crippen LogP contribution is 2.45. The Morgan fingerprint density at radius 1 is 1.10 bits per heavy atom. The topological polar surface area (TPSA) is 65.4 Å². The summed E-state index contributed by atoms with van der Waals surface area (Å²) < 4.78 is 5.42. The molecule has 2 atom stereocenters. The van der Waals surface area contributed by atoms with Crippen molar-refractivity contribution in [3.05, 3.63) is 59.7 Å². The van der Waals surface area contributed by atoms with Crippen LogP contribution in [0.2, 0.25) is 0 Å². The predicted molar refractivity (Wildman–Crippen MR) is 117 cm³/mol. The maximum atomic E-state index is 12.3. The fourth-order valence-corrected chi connectivity index (χ4v) is 4.73. The number of fused-ring (bicyclic) bond motifs is 3. The Hall–Kier alpha value is -2.84. The van der Waals surface area contributed by atoms with Crippen molar-refractivity contribution >= 4 is 6.09 Å². The molecule has 1 saturated heterocycles. The number of carbonyl (C=O) groups excluding carboxylic acids is 1. The Labute approximate surface area is 178 Å². The normalized spacial score (nSPS) is 21.4. The lowest BCUT2D eigenvalue weighted by atomic mass is 9.91. The molecule has 0 aromatic heterocycles. The van der Waals surface area contributed by atoms with Gasteiger partial charge in [0.15, 0.2) is 0 Å². The van der Waals surface area contributed by atoms with E-state index in [0.29, 0.717) is 6.42 Å². The van der Waals surface area contributed by atoms with Crippen molar-refractivity contribution < 1.29 is 9.53 Å². The molecule has 0 radical (unpaired) electrons. The first-order valence-electron chi connectivity index (χ1n) is 10.6. The molecule has 1 heterocycles. The zero-order valence-electron chi connectivity index (χ0n) is 17.9. The number of likely N-dealkylation sites (tertiary alicyclic amines) is 1. The van der Waals surface area contributed by atoms with Crippen LogP contribution in [0.15, 0.2) is 48.5 Å². The van der Waals surface area contributed by atoms with Gasteiger partial charge < -0.3 is 10.1 Å². The molecule has 1 fully saturated rings. The molecule has 0 spiro atoms. The summed E-state index contributed by atoms with van der Waals surface area (Å²) in [5.41, 5.74) is 4.75. The number of hydrogen-bond acceptors (Lipinski definition) is 4. The minimum atomic E-state index is -0.537. The van der Waals surface area contributed by atoms with Gasteiger partial charge >= 0.3 is 6.09 Å². The van der Waals surface area contributed by atoms with Crippen molar-refractivity contribution in [3.8, 4) is 17.2 Å². The van der Waals surface area contributed by atoms with Crippen LogP contribution >= 0.6 is 0 Å². The van der Waals surface area contributed by atoms with Gasteiger partial charge in [0.05, 0.1) is 12.0 Å². The predicted octanol–water partition coefficient (Wildman–Crippen LogP) is 4.54. The van der Waals surface area contributed by atoms with E-state index in [0.717, 1.165) is 19.6 Å². The van der Waals surface area contributed by atoms with Gasteiger partial charge in [-0.2, -0.15) is 5.26 Å². The van der Waals surface area contributed by atoms with Crippen molar-refractivity contribution in [2.24, 2.45) is 5.92 Å². The molecular weight excluding hydrogens is 374 g/mol. The van der Waals surface area contributed by atoms with Gasteiger partial charge in [0, 0.05) is 31.6 Å². The smallest absolute Gasteiger partial charge is 0.407 e. The Bertz CT molecular complexity index is 927. The minimum Gasteiger partial charge on any atom is -0.444 e. The Balaban J connectivity index is 1.51. The van der Waals surface area contributed by atoms with Crippen LogP contribution in [-0.2, 0) is 4.74 Å². The highest BCUT2D eigenvalue weighted by atomic mass is 16.6. The van der Waals surface area contributed by atoms with Gasteiger partial charge in [0.2, 0.25) is 0 Å². The Morgan fingerprint density at radius 3 is 2.27 bits per heavy atom. The lowest BCUT2D eigenvalue weighted by Crippen LogP contribution is -2.52. The number of nitrogens with one attached hydrogen (secondary N) is 1. The Kier molecular flexibility index (Phi) is 5.53. The van der Waals surface area contributed by atoms with Crippen LogP contribution in [0.3, 0.4) is 0 Å². The van der Waals surface area contributed by atoms with Gasteiger partial charge in [0.1, 0.15) is 5.60 Å². The summed E-state index contributed by atoms with van der Waals surface area (Å²) >= 11 is 0. The van der Waals surface area contributed by atoms with Crippen LogP contribution in [0.4, 0.5) is 4.79 Å². The highest BCUT2D eigenvalue weighted by Gasteiger charge is 2.34. The number of alkyl carbamates (subject to hydrolysis) is 1. The number of amides is 1. The summed E-state index contributed by atoms with van der Waals surface area (Å²) in [5, 5.41) is 12.6. The quantitative estimate of drug-likeness (QED) is 0.817. The number of ether oxygens (including phenoxy) is 1. The molecule has 156 valence electrons. The second-order valence-corrected chi connectivity index (χ2v) is 9.35. The first-order chi connectivity index (χ1) is 14.3. The van der Waals surface area contributed by atoms with E-state index in [1.165, 1.54) is 22.3 Å². The number of hydrogen-bond donors (Lipinski definition) is 1. The molecule has 1 aliphatic heterocycles. The molecule has 1 N–H and O–H groups in total. The van der Waals surface area contributed by atoms with E-state index >= 15 is 0 Å². The van der Waals surface area contributed by atoms with E-state index in [1.54, 1.807) is 0 Å². The maximum absolute atomic E-state index is 12.3. The van der Waals surface area contributed by atoms with Crippen LogP contribution in [0.25, 0.3) is 11.1 Å². The van der Waals surface area contributed by atoms with E-state index in [-0.39, 0.29) is 17.9 Å². The molecule has 5 heteroatoms. The van der Waals surface area contributed by atoms with Gasteiger partial charge in [0.25, 0.3) is 0 Å². The van der Waals surface area contributed by atoms with Crippen molar-refractivity contribution in [2.45, 2.75) is 44.8 Å². The van der Waals surface area contributed by atoms with Crippen molar-refractivity contribution in [2.75, 3.05) is 19.6 Å². The Morgan fingerprint density at radius 2 is 1.70 bits per heavy atom. The molecule has 5 nitrogen and oxygen atoms in total. The van der Waals surface area contributed by atoms with E-state index in [9.17, 15) is 10.1 Å². The fourth-order valence-electron chi connectivity index (χ4n) is 4.73. The molecule has 30 heavy (non-hydrogen) atoms. The average molecular weight is 404 g/mol. The van der Waals surface area contributed by atoms with Gasteiger partial charge in [-0.15, -0.1) is 0 Å². The molecular formula is C25H29N3O2. The van der Waals surface area contributed by atoms with Crippen LogP contribution in [0, 0.1) is 17.2 Å². The molecule has 1 aliphatic carbocycles. The SMILES string of the molecule is CC(C)(C)OC(=O)NC1CC(C#N)CN(CC2c3ccccc3-c3ccccc32)C1. The standard InChI is InChI=1S/C25H29N3O2/c1-25(2,3)30-24(29)27-18-12-17(13-26)14-28(15-18)16-23-21-10-6-4-8-19(21)20-9-5-7-11-22(20)23/h4-11,17-18,23H,12,14-16H2,1-3H3,(H,27,29). The minimum absolute atomic E-state index is 0.0925. The van der Waals surface area contributed by atoms with Gasteiger partial charge in [-0.3, -0.25) is 4.90 Å². The second kappa shape index (κ2) is 8.12. The third kappa shape index (κ3) is 4.34. The molecule has 2 aromatic rings. The van der Waals surface area contributed by atoms with Crippen molar-refractivity contribution in [1.82, 2.24) is 10.2 Å². The molecule has 2 aliphatic rings. The summed E-state index contributed by atoms with van der Waals surface area (Å²) in [7, 11) is 0. The van der Waals surface area contributed by atoms with E-state index in [4.69, 9.17) is 4.74 Å². The monoisotopic (exact) mass is 403 g/mol. The highest BCUT2D eigenvalue weighted by molar-refractivity contribution is 5.78. The van der Waals surface area contributed by atoms with E-state index in [1.807, 2.05) is 20.8 Å². The third-order valence-electron chi connectivity index (χ3n) is 5.83. The molecule has 0 saturated carbocycles. The van der Waals surface area contributed by atoms with Crippen LogP contribution in [-0.4, -0.2) is 42.3 Å². The summed E-state index contributed by atoms with van der Waals surface area (Å²) in [4.78, 5) is 14.6. The molecule has 2 aromatic carbocycles.